The van der Waals surface area contributed by atoms with E-state index in [1.807, 2.05) is 0 Å². The zero-order chi connectivity index (χ0) is 14.6. The SMILES string of the molecule is COC1CCCC(NCc2ccc(C(F)(F)F)cc2)C1. The summed E-state index contributed by atoms with van der Waals surface area (Å²) in [4.78, 5) is 0. The summed E-state index contributed by atoms with van der Waals surface area (Å²) in [6.07, 6.45) is 0.324. The molecule has 1 N–H and O–H groups in total. The van der Waals surface area contributed by atoms with Crippen LogP contribution in [0.4, 0.5) is 13.2 Å². The molecular weight excluding hydrogens is 267 g/mol. The molecule has 1 aliphatic carbocycles. The molecule has 0 saturated heterocycles. The molecule has 0 spiro atoms. The van der Waals surface area contributed by atoms with Gasteiger partial charge in [-0.25, -0.2) is 0 Å². The van der Waals surface area contributed by atoms with E-state index in [1.54, 1.807) is 7.11 Å². The Morgan fingerprint density at radius 1 is 1.20 bits per heavy atom. The summed E-state index contributed by atoms with van der Waals surface area (Å²) >= 11 is 0. The van der Waals surface area contributed by atoms with E-state index in [0.29, 0.717) is 18.7 Å². The van der Waals surface area contributed by atoms with Crippen LogP contribution in [0.2, 0.25) is 0 Å². The Kier molecular flexibility index (Phi) is 5.05. The molecule has 0 bridgehead atoms. The van der Waals surface area contributed by atoms with E-state index < -0.39 is 11.7 Å². The van der Waals surface area contributed by atoms with Crippen molar-refractivity contribution in [1.29, 1.82) is 0 Å². The minimum Gasteiger partial charge on any atom is -0.381 e. The Hall–Kier alpha value is -1.07. The van der Waals surface area contributed by atoms with Crippen LogP contribution in [0, 0.1) is 0 Å². The smallest absolute Gasteiger partial charge is 0.381 e. The van der Waals surface area contributed by atoms with E-state index >= 15 is 0 Å². The molecule has 2 unspecified atom stereocenters. The van der Waals surface area contributed by atoms with Crippen molar-refractivity contribution in [3.05, 3.63) is 35.4 Å². The zero-order valence-electron chi connectivity index (χ0n) is 11.5. The van der Waals surface area contributed by atoms with E-state index in [9.17, 15) is 13.2 Å². The maximum Gasteiger partial charge on any atom is 0.416 e. The molecule has 0 aromatic heterocycles. The van der Waals surface area contributed by atoms with Crippen molar-refractivity contribution in [1.82, 2.24) is 5.32 Å². The summed E-state index contributed by atoms with van der Waals surface area (Å²) in [5.41, 5.74) is 0.274. The highest BCUT2D eigenvalue weighted by Crippen LogP contribution is 2.29. The highest BCUT2D eigenvalue weighted by atomic mass is 19.4. The second-order valence-electron chi connectivity index (χ2n) is 5.30. The highest BCUT2D eigenvalue weighted by molar-refractivity contribution is 5.24. The molecule has 2 nitrogen and oxygen atoms in total. The second-order valence-corrected chi connectivity index (χ2v) is 5.30. The number of rotatable bonds is 4. The number of hydrogen-bond donors (Lipinski definition) is 1. The van der Waals surface area contributed by atoms with Crippen LogP contribution >= 0.6 is 0 Å². The van der Waals surface area contributed by atoms with Crippen molar-refractivity contribution in [3.63, 3.8) is 0 Å². The lowest BCUT2D eigenvalue weighted by Gasteiger charge is -2.29. The molecule has 1 aliphatic rings. The number of ether oxygens (including phenoxy) is 1. The molecule has 0 aliphatic heterocycles. The predicted molar refractivity (Wildman–Crippen MR) is 71.3 cm³/mol. The van der Waals surface area contributed by atoms with Gasteiger partial charge in [-0.1, -0.05) is 12.1 Å². The number of alkyl halides is 3. The Morgan fingerprint density at radius 2 is 1.90 bits per heavy atom. The van der Waals surface area contributed by atoms with Crippen LogP contribution in [0.25, 0.3) is 0 Å². The van der Waals surface area contributed by atoms with Crippen LogP contribution in [0.15, 0.2) is 24.3 Å². The molecule has 112 valence electrons. The van der Waals surface area contributed by atoms with Gasteiger partial charge in [-0.3, -0.25) is 0 Å². The fourth-order valence-electron chi connectivity index (χ4n) is 2.62. The molecule has 0 amide bonds. The molecule has 0 heterocycles. The monoisotopic (exact) mass is 287 g/mol. The minimum absolute atomic E-state index is 0.300. The summed E-state index contributed by atoms with van der Waals surface area (Å²) in [6.45, 7) is 0.596. The zero-order valence-corrected chi connectivity index (χ0v) is 11.5. The van der Waals surface area contributed by atoms with Crippen molar-refractivity contribution in [3.8, 4) is 0 Å². The molecule has 1 aromatic carbocycles. The van der Waals surface area contributed by atoms with Gasteiger partial charge in [0, 0.05) is 19.7 Å². The Bertz CT molecular complexity index is 416. The van der Waals surface area contributed by atoms with Crippen LogP contribution < -0.4 is 5.32 Å². The maximum absolute atomic E-state index is 12.4. The van der Waals surface area contributed by atoms with Gasteiger partial charge >= 0.3 is 6.18 Å². The van der Waals surface area contributed by atoms with Crippen LogP contribution in [0.3, 0.4) is 0 Å². The predicted octanol–water partition coefficient (Wildman–Crippen LogP) is 3.75. The van der Waals surface area contributed by atoms with E-state index in [0.717, 1.165) is 43.4 Å². The van der Waals surface area contributed by atoms with Gasteiger partial charge < -0.3 is 10.1 Å². The normalized spacial score (nSPS) is 23.8. The third-order valence-corrected chi connectivity index (χ3v) is 3.84. The van der Waals surface area contributed by atoms with Crippen molar-refractivity contribution < 1.29 is 17.9 Å². The van der Waals surface area contributed by atoms with Gasteiger partial charge in [0.2, 0.25) is 0 Å². The fraction of sp³-hybridized carbons (Fsp3) is 0.600. The van der Waals surface area contributed by atoms with Crippen molar-refractivity contribution >= 4 is 0 Å². The first-order valence-corrected chi connectivity index (χ1v) is 6.91. The van der Waals surface area contributed by atoms with Crippen molar-refractivity contribution in [2.75, 3.05) is 7.11 Å². The highest BCUT2D eigenvalue weighted by Gasteiger charge is 2.30. The molecule has 2 rings (SSSR count). The first kappa shape index (κ1) is 15.3. The summed E-state index contributed by atoms with van der Waals surface area (Å²) in [5.74, 6) is 0. The van der Waals surface area contributed by atoms with Crippen LogP contribution in [0.5, 0.6) is 0 Å². The molecular formula is C15H20F3NO. The summed E-state index contributed by atoms with van der Waals surface area (Å²) in [6, 6.07) is 5.72. The topological polar surface area (TPSA) is 21.3 Å². The second kappa shape index (κ2) is 6.59. The Labute approximate surface area is 117 Å². The van der Waals surface area contributed by atoms with Crippen LogP contribution in [-0.4, -0.2) is 19.3 Å². The van der Waals surface area contributed by atoms with E-state index in [2.05, 4.69) is 5.32 Å². The average Bonchev–Trinajstić information content (AvgIpc) is 2.45. The van der Waals surface area contributed by atoms with Crippen LogP contribution in [0.1, 0.15) is 36.8 Å². The fourth-order valence-corrected chi connectivity index (χ4v) is 2.62. The summed E-state index contributed by atoms with van der Waals surface area (Å²) in [7, 11) is 1.73. The molecule has 1 fully saturated rings. The molecule has 0 radical (unpaired) electrons. The Morgan fingerprint density at radius 3 is 2.50 bits per heavy atom. The van der Waals surface area contributed by atoms with Gasteiger partial charge in [0.1, 0.15) is 0 Å². The average molecular weight is 287 g/mol. The van der Waals surface area contributed by atoms with Crippen LogP contribution in [-0.2, 0) is 17.5 Å². The van der Waals surface area contributed by atoms with Crippen molar-refractivity contribution in [2.45, 2.75) is 50.6 Å². The van der Waals surface area contributed by atoms with E-state index in [-0.39, 0.29) is 0 Å². The van der Waals surface area contributed by atoms with Gasteiger partial charge in [-0.05, 0) is 43.4 Å². The van der Waals surface area contributed by atoms with E-state index in [1.165, 1.54) is 12.1 Å². The standard InChI is InChI=1S/C15H20F3NO/c1-20-14-4-2-3-13(9-14)19-10-11-5-7-12(8-6-11)15(16,17)18/h5-8,13-14,19H,2-4,9-10H2,1H3. The molecule has 5 heteroatoms. The maximum atomic E-state index is 12.4. The number of halogens is 3. The quantitative estimate of drug-likeness (QED) is 0.910. The summed E-state index contributed by atoms with van der Waals surface area (Å²) in [5, 5.41) is 3.40. The lowest BCUT2D eigenvalue weighted by Crippen LogP contribution is -2.36. The first-order chi connectivity index (χ1) is 9.49. The van der Waals surface area contributed by atoms with E-state index in [4.69, 9.17) is 4.74 Å². The number of nitrogens with one attached hydrogen (secondary N) is 1. The van der Waals surface area contributed by atoms with Gasteiger partial charge in [0.25, 0.3) is 0 Å². The molecule has 1 saturated carbocycles. The number of benzene rings is 1. The number of hydrogen-bond acceptors (Lipinski definition) is 2. The molecule has 20 heavy (non-hydrogen) atoms. The lowest BCUT2D eigenvalue weighted by atomic mass is 9.92. The third kappa shape index (κ3) is 4.21. The van der Waals surface area contributed by atoms with Gasteiger partial charge in [-0.2, -0.15) is 13.2 Å². The van der Waals surface area contributed by atoms with Crippen molar-refractivity contribution in [2.24, 2.45) is 0 Å². The minimum atomic E-state index is -4.26. The third-order valence-electron chi connectivity index (χ3n) is 3.84. The number of methoxy groups -OCH3 is 1. The first-order valence-electron chi connectivity index (χ1n) is 6.91. The summed E-state index contributed by atoms with van der Waals surface area (Å²) < 4.78 is 42.7. The molecule has 1 aromatic rings. The van der Waals surface area contributed by atoms with Gasteiger partial charge in [0.05, 0.1) is 11.7 Å². The van der Waals surface area contributed by atoms with Gasteiger partial charge in [-0.15, -0.1) is 0 Å². The Balaban J connectivity index is 1.85. The van der Waals surface area contributed by atoms with Gasteiger partial charge in [0.15, 0.2) is 0 Å². The largest absolute Gasteiger partial charge is 0.416 e. The molecule has 2 atom stereocenters. The lowest BCUT2D eigenvalue weighted by molar-refractivity contribution is -0.137.